The first-order valence-corrected chi connectivity index (χ1v) is 2.94. The average Bonchev–Trinajstić information content (AvgIpc) is 2.14. The minimum absolute atomic E-state index is 0.322. The molecular weight excluding hydrogens is 138 g/mol. The summed E-state index contributed by atoms with van der Waals surface area (Å²) in [6, 6.07) is -0.322. The van der Waals surface area contributed by atoms with Gasteiger partial charge in [-0.1, -0.05) is 0 Å². The van der Waals surface area contributed by atoms with Gasteiger partial charge < -0.3 is 16.4 Å². The lowest BCUT2D eigenvalue weighted by molar-refractivity contribution is -0.119. The fourth-order valence-corrected chi connectivity index (χ4v) is 0.852. The zero-order chi connectivity index (χ0) is 6.85. The van der Waals surface area contributed by atoms with E-state index in [2.05, 4.69) is 22.9 Å². The third-order valence-corrected chi connectivity index (χ3v) is 1.38. The maximum absolute atomic E-state index is 10.4. The number of carbonyl (C=O) groups is 1. The molecule has 9 heavy (non-hydrogen) atoms. The van der Waals surface area contributed by atoms with E-state index in [9.17, 15) is 4.79 Å². The first-order chi connectivity index (χ1) is 4.20. The van der Waals surface area contributed by atoms with E-state index in [4.69, 9.17) is 5.73 Å². The molecule has 0 aromatic carbocycles. The Balaban J connectivity index is 2.48. The summed E-state index contributed by atoms with van der Waals surface area (Å²) < 4.78 is 0. The molecule has 0 radical (unpaired) electrons. The Kier molecular flexibility index (Phi) is 1.52. The molecule has 0 spiro atoms. The van der Waals surface area contributed by atoms with Crippen molar-refractivity contribution >= 4 is 23.2 Å². The van der Waals surface area contributed by atoms with E-state index < -0.39 is 0 Å². The van der Waals surface area contributed by atoms with Crippen LogP contribution in [0.2, 0.25) is 0 Å². The van der Waals surface area contributed by atoms with Crippen LogP contribution in [0.4, 0.5) is 0 Å². The molecule has 0 aliphatic carbocycles. The number of thiocarbonyl (C=S) groups is 1. The number of amides is 1. The van der Waals surface area contributed by atoms with Crippen molar-refractivity contribution in [1.82, 2.24) is 10.6 Å². The van der Waals surface area contributed by atoms with Gasteiger partial charge in [0.05, 0.1) is 0 Å². The van der Waals surface area contributed by atoms with Gasteiger partial charge in [0.25, 0.3) is 0 Å². The Morgan fingerprint density at radius 2 is 2.56 bits per heavy atom. The molecular formula is C4H7N3OS. The molecule has 1 atom stereocenters. The van der Waals surface area contributed by atoms with Crippen molar-refractivity contribution in [3.05, 3.63) is 0 Å². The van der Waals surface area contributed by atoms with E-state index in [0.29, 0.717) is 11.7 Å². The van der Waals surface area contributed by atoms with Crippen molar-refractivity contribution in [1.29, 1.82) is 0 Å². The van der Waals surface area contributed by atoms with Gasteiger partial charge in [-0.25, -0.2) is 0 Å². The molecule has 1 rings (SSSR count). The molecule has 50 valence electrons. The summed E-state index contributed by atoms with van der Waals surface area (Å²) in [5.74, 6) is -0.373. The summed E-state index contributed by atoms with van der Waals surface area (Å²) in [5.41, 5.74) is 4.96. The highest BCUT2D eigenvalue weighted by Crippen LogP contribution is 1.87. The van der Waals surface area contributed by atoms with Gasteiger partial charge in [-0.15, -0.1) is 0 Å². The number of hydrogen-bond donors (Lipinski definition) is 3. The summed E-state index contributed by atoms with van der Waals surface area (Å²) in [5, 5.41) is 5.97. The summed E-state index contributed by atoms with van der Waals surface area (Å²) in [7, 11) is 0. The fraction of sp³-hybridized carbons (Fsp3) is 0.500. The molecule has 5 heteroatoms. The van der Waals surface area contributed by atoms with Gasteiger partial charge >= 0.3 is 0 Å². The highest BCUT2D eigenvalue weighted by atomic mass is 32.1. The standard InChI is InChI=1S/C4H7N3OS/c5-3(8)2-1-6-4(9)7-2/h2H,1H2,(H2,5,8)(H2,6,7,9). The maximum atomic E-state index is 10.4. The van der Waals surface area contributed by atoms with Crippen molar-refractivity contribution in [2.75, 3.05) is 6.54 Å². The number of nitrogens with two attached hydrogens (primary N) is 1. The normalized spacial score (nSPS) is 24.9. The number of primary amides is 1. The minimum Gasteiger partial charge on any atom is -0.368 e. The van der Waals surface area contributed by atoms with Gasteiger partial charge in [0, 0.05) is 6.54 Å². The van der Waals surface area contributed by atoms with Crippen molar-refractivity contribution in [3.8, 4) is 0 Å². The minimum atomic E-state index is -0.373. The van der Waals surface area contributed by atoms with Crippen LogP contribution in [0.1, 0.15) is 0 Å². The van der Waals surface area contributed by atoms with Crippen LogP contribution in [-0.2, 0) is 4.79 Å². The average molecular weight is 145 g/mol. The molecule has 0 aromatic rings. The Morgan fingerprint density at radius 1 is 1.89 bits per heavy atom. The summed E-state index contributed by atoms with van der Waals surface area (Å²) in [6.45, 7) is 0.508. The maximum Gasteiger partial charge on any atom is 0.241 e. The van der Waals surface area contributed by atoms with Gasteiger partial charge in [-0.2, -0.15) is 0 Å². The van der Waals surface area contributed by atoms with Crippen LogP contribution >= 0.6 is 12.2 Å². The van der Waals surface area contributed by atoms with Crippen LogP contribution in [0, 0.1) is 0 Å². The van der Waals surface area contributed by atoms with E-state index in [-0.39, 0.29) is 11.9 Å². The highest BCUT2D eigenvalue weighted by molar-refractivity contribution is 7.80. The van der Waals surface area contributed by atoms with Crippen LogP contribution in [0.15, 0.2) is 0 Å². The zero-order valence-corrected chi connectivity index (χ0v) is 5.49. The number of nitrogens with one attached hydrogen (secondary N) is 2. The largest absolute Gasteiger partial charge is 0.368 e. The summed E-state index contributed by atoms with van der Waals surface area (Å²) in [6.07, 6.45) is 0. The van der Waals surface area contributed by atoms with E-state index in [0.717, 1.165) is 0 Å². The molecule has 1 unspecified atom stereocenters. The molecule has 1 aliphatic rings. The fourth-order valence-electron chi connectivity index (χ4n) is 0.627. The van der Waals surface area contributed by atoms with Gasteiger partial charge in [0.1, 0.15) is 6.04 Å². The van der Waals surface area contributed by atoms with Gasteiger partial charge in [0.15, 0.2) is 5.11 Å². The van der Waals surface area contributed by atoms with Crippen molar-refractivity contribution in [3.63, 3.8) is 0 Å². The van der Waals surface area contributed by atoms with Crippen LogP contribution < -0.4 is 16.4 Å². The third kappa shape index (κ3) is 1.29. The molecule has 4 N–H and O–H groups in total. The second-order valence-electron chi connectivity index (χ2n) is 1.81. The lowest BCUT2D eigenvalue weighted by Gasteiger charge is -2.00. The van der Waals surface area contributed by atoms with Crippen molar-refractivity contribution in [2.45, 2.75) is 6.04 Å². The predicted octanol–water partition coefficient (Wildman–Crippen LogP) is -1.68. The van der Waals surface area contributed by atoms with Crippen molar-refractivity contribution < 1.29 is 4.79 Å². The molecule has 1 heterocycles. The predicted molar refractivity (Wildman–Crippen MR) is 36.7 cm³/mol. The SMILES string of the molecule is NC(=O)C1CNC(=S)N1. The van der Waals surface area contributed by atoms with Crippen LogP contribution in [0.3, 0.4) is 0 Å². The molecule has 0 saturated carbocycles. The smallest absolute Gasteiger partial charge is 0.241 e. The first kappa shape index (κ1) is 6.28. The lowest BCUT2D eigenvalue weighted by atomic mass is 10.3. The van der Waals surface area contributed by atoms with E-state index in [1.165, 1.54) is 0 Å². The number of rotatable bonds is 1. The van der Waals surface area contributed by atoms with Gasteiger partial charge in [0.2, 0.25) is 5.91 Å². The first-order valence-electron chi connectivity index (χ1n) is 2.54. The Morgan fingerprint density at radius 3 is 2.78 bits per heavy atom. The Hall–Kier alpha value is -0.840. The molecule has 1 aliphatic heterocycles. The third-order valence-electron chi connectivity index (χ3n) is 1.12. The molecule has 4 nitrogen and oxygen atoms in total. The molecule has 0 aromatic heterocycles. The number of carbonyl (C=O) groups excluding carboxylic acids is 1. The highest BCUT2D eigenvalue weighted by Gasteiger charge is 2.21. The van der Waals surface area contributed by atoms with Crippen LogP contribution in [-0.4, -0.2) is 23.6 Å². The molecule has 0 bridgehead atoms. The topological polar surface area (TPSA) is 67.2 Å². The zero-order valence-electron chi connectivity index (χ0n) is 4.68. The van der Waals surface area contributed by atoms with E-state index >= 15 is 0 Å². The lowest BCUT2D eigenvalue weighted by Crippen LogP contribution is -2.39. The Bertz CT molecular complexity index is 158. The van der Waals surface area contributed by atoms with E-state index in [1.54, 1.807) is 0 Å². The van der Waals surface area contributed by atoms with Gasteiger partial charge in [-0.3, -0.25) is 4.79 Å². The molecule has 1 saturated heterocycles. The second kappa shape index (κ2) is 2.18. The summed E-state index contributed by atoms with van der Waals surface area (Å²) >= 11 is 4.69. The second-order valence-corrected chi connectivity index (χ2v) is 2.22. The van der Waals surface area contributed by atoms with Crippen molar-refractivity contribution in [2.24, 2.45) is 5.73 Å². The molecule has 1 amide bonds. The van der Waals surface area contributed by atoms with Gasteiger partial charge in [-0.05, 0) is 12.2 Å². The summed E-state index contributed by atoms with van der Waals surface area (Å²) in [4.78, 5) is 10.4. The van der Waals surface area contributed by atoms with Crippen LogP contribution in [0.25, 0.3) is 0 Å². The monoisotopic (exact) mass is 145 g/mol. The quantitative estimate of drug-likeness (QED) is 0.385. The number of hydrogen-bond acceptors (Lipinski definition) is 2. The molecule has 1 fully saturated rings. The van der Waals surface area contributed by atoms with E-state index in [1.807, 2.05) is 0 Å². The van der Waals surface area contributed by atoms with Crippen LogP contribution in [0.5, 0.6) is 0 Å². The Labute approximate surface area is 57.8 Å².